The molecule has 2 atom stereocenters. The van der Waals surface area contributed by atoms with Crippen LogP contribution in [0.3, 0.4) is 0 Å². The predicted molar refractivity (Wildman–Crippen MR) is 96.3 cm³/mol. The van der Waals surface area contributed by atoms with Crippen LogP contribution in [-0.2, 0) is 9.59 Å². The topological polar surface area (TPSA) is 66.4 Å². The Balaban J connectivity index is 2.32. The number of carbonyl (C=O) groups is 2. The van der Waals surface area contributed by atoms with E-state index in [9.17, 15) is 14.7 Å². The molecule has 24 heavy (non-hydrogen) atoms. The molecule has 4 heteroatoms. The minimum Gasteiger partial charge on any atom is -0.481 e. The highest BCUT2D eigenvalue weighted by atomic mass is 16.4. The van der Waals surface area contributed by atoms with Gasteiger partial charge in [-0.25, -0.2) is 0 Å². The molecule has 2 unspecified atom stereocenters. The zero-order chi connectivity index (χ0) is 17.9. The summed E-state index contributed by atoms with van der Waals surface area (Å²) in [7, 11) is 0. The van der Waals surface area contributed by atoms with Crippen molar-refractivity contribution >= 4 is 17.6 Å². The number of hydrogen-bond acceptors (Lipinski definition) is 2. The predicted octanol–water partition coefficient (Wildman–Crippen LogP) is 4.76. The number of para-hydroxylation sites is 1. The summed E-state index contributed by atoms with van der Waals surface area (Å²) in [6.45, 7) is 8.43. The highest BCUT2D eigenvalue weighted by Crippen LogP contribution is 2.35. The lowest BCUT2D eigenvalue weighted by atomic mass is 9.78. The van der Waals surface area contributed by atoms with Gasteiger partial charge < -0.3 is 10.4 Å². The Hall–Kier alpha value is -1.84. The molecule has 0 spiro atoms. The van der Waals surface area contributed by atoms with Gasteiger partial charge in [-0.2, -0.15) is 0 Å². The van der Waals surface area contributed by atoms with Crippen molar-refractivity contribution < 1.29 is 14.7 Å². The van der Waals surface area contributed by atoms with E-state index in [4.69, 9.17) is 0 Å². The number of anilines is 1. The highest BCUT2D eigenvalue weighted by molar-refractivity contribution is 5.96. The Morgan fingerprint density at radius 2 is 1.50 bits per heavy atom. The van der Waals surface area contributed by atoms with Crippen LogP contribution in [0, 0.1) is 11.8 Å². The van der Waals surface area contributed by atoms with Crippen molar-refractivity contribution in [1.29, 1.82) is 0 Å². The molecule has 2 rings (SSSR count). The Bertz CT molecular complexity index is 581. The van der Waals surface area contributed by atoms with Gasteiger partial charge in [0.05, 0.1) is 11.8 Å². The van der Waals surface area contributed by atoms with Crippen LogP contribution in [0.15, 0.2) is 18.2 Å². The molecule has 0 radical (unpaired) electrons. The summed E-state index contributed by atoms with van der Waals surface area (Å²) < 4.78 is 0. The molecule has 1 saturated carbocycles. The fourth-order valence-corrected chi connectivity index (χ4v) is 3.65. The summed E-state index contributed by atoms with van der Waals surface area (Å²) in [5, 5.41) is 12.5. The largest absolute Gasteiger partial charge is 0.481 e. The number of aliphatic carboxylic acids is 1. The Labute approximate surface area is 144 Å². The van der Waals surface area contributed by atoms with E-state index >= 15 is 0 Å². The first kappa shape index (κ1) is 18.5. The average Bonchev–Trinajstić information content (AvgIpc) is 2.54. The number of carbonyl (C=O) groups excluding carboxylic acids is 1. The third kappa shape index (κ3) is 3.97. The minimum atomic E-state index is -0.851. The van der Waals surface area contributed by atoms with E-state index in [0.717, 1.165) is 29.7 Å². The lowest BCUT2D eigenvalue weighted by molar-refractivity contribution is -0.147. The number of nitrogens with one attached hydrogen (secondary N) is 1. The molecule has 0 aliphatic heterocycles. The fraction of sp³-hybridized carbons (Fsp3) is 0.600. The normalized spacial score (nSPS) is 21.1. The van der Waals surface area contributed by atoms with E-state index in [-0.39, 0.29) is 5.91 Å². The van der Waals surface area contributed by atoms with Crippen molar-refractivity contribution in [1.82, 2.24) is 0 Å². The molecule has 0 bridgehead atoms. The number of carboxylic acids is 1. The SMILES string of the molecule is CC(C)c1cccc(C(C)C)c1NC(=O)C1CCCCC1C(=O)O. The van der Waals surface area contributed by atoms with Crippen LogP contribution >= 0.6 is 0 Å². The molecule has 0 heterocycles. The van der Waals surface area contributed by atoms with Crippen LogP contribution in [0.2, 0.25) is 0 Å². The molecule has 132 valence electrons. The second-order valence-corrected chi connectivity index (χ2v) is 7.45. The van der Waals surface area contributed by atoms with Gasteiger partial charge in [0, 0.05) is 5.69 Å². The van der Waals surface area contributed by atoms with Crippen LogP contribution in [0.1, 0.15) is 76.3 Å². The smallest absolute Gasteiger partial charge is 0.307 e. The maximum atomic E-state index is 12.9. The van der Waals surface area contributed by atoms with Crippen molar-refractivity contribution in [2.75, 3.05) is 5.32 Å². The molecular formula is C20H29NO3. The molecule has 1 aromatic carbocycles. The van der Waals surface area contributed by atoms with Crippen molar-refractivity contribution in [3.05, 3.63) is 29.3 Å². The molecule has 1 aliphatic rings. The van der Waals surface area contributed by atoms with E-state index < -0.39 is 17.8 Å². The lowest BCUT2D eigenvalue weighted by Crippen LogP contribution is -2.36. The van der Waals surface area contributed by atoms with E-state index in [2.05, 4.69) is 33.0 Å². The molecule has 1 amide bonds. The van der Waals surface area contributed by atoms with Crippen molar-refractivity contribution in [3.8, 4) is 0 Å². The summed E-state index contributed by atoms with van der Waals surface area (Å²) >= 11 is 0. The van der Waals surface area contributed by atoms with Crippen LogP contribution in [-0.4, -0.2) is 17.0 Å². The summed E-state index contributed by atoms with van der Waals surface area (Å²) in [6, 6.07) is 6.12. The molecule has 0 aromatic heterocycles. The van der Waals surface area contributed by atoms with Gasteiger partial charge in [0.1, 0.15) is 0 Å². The van der Waals surface area contributed by atoms with Gasteiger partial charge in [-0.15, -0.1) is 0 Å². The first-order valence-corrected chi connectivity index (χ1v) is 8.99. The van der Waals surface area contributed by atoms with Crippen LogP contribution in [0.4, 0.5) is 5.69 Å². The Kier molecular flexibility index (Phi) is 6.03. The van der Waals surface area contributed by atoms with E-state index in [1.807, 2.05) is 18.2 Å². The summed E-state index contributed by atoms with van der Waals surface area (Å²) in [5.74, 6) is -1.40. The van der Waals surface area contributed by atoms with E-state index in [0.29, 0.717) is 24.7 Å². The molecule has 0 saturated heterocycles. The number of rotatable bonds is 5. The van der Waals surface area contributed by atoms with Crippen molar-refractivity contribution in [2.24, 2.45) is 11.8 Å². The zero-order valence-electron chi connectivity index (χ0n) is 15.1. The number of benzene rings is 1. The van der Waals surface area contributed by atoms with E-state index in [1.165, 1.54) is 0 Å². The second-order valence-electron chi connectivity index (χ2n) is 7.45. The Morgan fingerprint density at radius 3 is 1.96 bits per heavy atom. The second kappa shape index (κ2) is 7.82. The van der Waals surface area contributed by atoms with Crippen LogP contribution < -0.4 is 5.32 Å². The lowest BCUT2D eigenvalue weighted by Gasteiger charge is -2.29. The fourth-order valence-electron chi connectivity index (χ4n) is 3.65. The highest BCUT2D eigenvalue weighted by Gasteiger charge is 2.36. The number of amides is 1. The number of hydrogen-bond donors (Lipinski definition) is 2. The third-order valence-corrected chi connectivity index (χ3v) is 5.04. The minimum absolute atomic E-state index is 0.142. The van der Waals surface area contributed by atoms with Gasteiger partial charge in [0.15, 0.2) is 0 Å². The molecule has 1 aliphatic carbocycles. The first-order chi connectivity index (χ1) is 11.3. The molecule has 4 nitrogen and oxygen atoms in total. The average molecular weight is 331 g/mol. The molecule has 1 fully saturated rings. The summed E-state index contributed by atoms with van der Waals surface area (Å²) in [4.78, 5) is 24.3. The van der Waals surface area contributed by atoms with Gasteiger partial charge in [-0.05, 0) is 35.8 Å². The molecular weight excluding hydrogens is 302 g/mol. The van der Waals surface area contributed by atoms with Crippen molar-refractivity contribution in [3.63, 3.8) is 0 Å². The van der Waals surface area contributed by atoms with Gasteiger partial charge in [-0.3, -0.25) is 9.59 Å². The van der Waals surface area contributed by atoms with E-state index in [1.54, 1.807) is 0 Å². The maximum absolute atomic E-state index is 12.9. The quantitative estimate of drug-likeness (QED) is 0.817. The van der Waals surface area contributed by atoms with Gasteiger partial charge in [-0.1, -0.05) is 58.7 Å². The molecule has 1 aromatic rings. The van der Waals surface area contributed by atoms with Crippen LogP contribution in [0.25, 0.3) is 0 Å². The third-order valence-electron chi connectivity index (χ3n) is 5.04. The van der Waals surface area contributed by atoms with Gasteiger partial charge in [0.2, 0.25) is 5.91 Å². The first-order valence-electron chi connectivity index (χ1n) is 8.99. The monoisotopic (exact) mass is 331 g/mol. The van der Waals surface area contributed by atoms with Crippen molar-refractivity contribution in [2.45, 2.75) is 65.2 Å². The number of carboxylic acid groups (broad SMARTS) is 1. The summed E-state index contributed by atoms with van der Waals surface area (Å²) in [5.41, 5.74) is 3.09. The summed E-state index contributed by atoms with van der Waals surface area (Å²) in [6.07, 6.45) is 3.06. The Morgan fingerprint density at radius 1 is 1.00 bits per heavy atom. The zero-order valence-corrected chi connectivity index (χ0v) is 15.1. The maximum Gasteiger partial charge on any atom is 0.307 e. The van der Waals surface area contributed by atoms with Crippen LogP contribution in [0.5, 0.6) is 0 Å². The standard InChI is InChI=1S/C20H29NO3/c1-12(2)14-10-7-11-15(13(3)4)18(14)21-19(22)16-8-5-6-9-17(16)20(23)24/h7,10-13,16-17H,5-6,8-9H2,1-4H3,(H,21,22)(H,23,24). The van der Waals surface area contributed by atoms with Gasteiger partial charge in [0.25, 0.3) is 0 Å². The molecule has 2 N–H and O–H groups in total. The van der Waals surface area contributed by atoms with Gasteiger partial charge >= 0.3 is 5.97 Å².